The van der Waals surface area contributed by atoms with E-state index in [-0.39, 0.29) is 32.7 Å². The summed E-state index contributed by atoms with van der Waals surface area (Å²) in [6, 6.07) is -1.80. The molecule has 0 aromatic carbocycles. The molecular formula is C19H33F3NO9P. The number of carbonyl (C=O) groups excluding carboxylic acids is 3. The molecule has 0 unspecified atom stereocenters. The minimum Gasteiger partial charge on any atom is -0.469 e. The van der Waals surface area contributed by atoms with Crippen molar-refractivity contribution in [3.05, 3.63) is 0 Å². The monoisotopic (exact) mass is 507 g/mol. The zero-order valence-electron chi connectivity index (χ0n) is 19.7. The SMILES string of the molecule is CCOP(=O)(OCC)OCCC[C@H](CC(=O)OC)[C@@H](NC(=O)C(F)(F)F)C(=O)OC(C)(C)C. The second kappa shape index (κ2) is 13.9. The number of esters is 2. The number of nitrogens with one attached hydrogen (secondary N) is 1. The van der Waals surface area contributed by atoms with Gasteiger partial charge in [-0.1, -0.05) is 0 Å². The zero-order chi connectivity index (χ0) is 25.9. The number of rotatable bonds is 14. The van der Waals surface area contributed by atoms with Crippen LogP contribution in [0.5, 0.6) is 0 Å². The average Bonchev–Trinajstić information content (AvgIpc) is 2.66. The Labute approximate surface area is 191 Å². The Kier molecular flexibility index (Phi) is 13.2. The van der Waals surface area contributed by atoms with Crippen molar-refractivity contribution >= 4 is 25.7 Å². The predicted octanol–water partition coefficient (Wildman–Crippen LogP) is 3.53. The summed E-state index contributed by atoms with van der Waals surface area (Å²) in [7, 11) is -2.76. The third-order valence-corrected chi connectivity index (χ3v) is 5.52. The van der Waals surface area contributed by atoms with Crippen LogP contribution in [0.3, 0.4) is 0 Å². The first-order valence-corrected chi connectivity index (χ1v) is 11.8. The van der Waals surface area contributed by atoms with E-state index in [9.17, 15) is 32.1 Å². The third-order valence-electron chi connectivity index (χ3n) is 3.88. The summed E-state index contributed by atoms with van der Waals surface area (Å²) in [5, 5.41) is 1.62. The molecule has 0 aromatic heterocycles. The van der Waals surface area contributed by atoms with Gasteiger partial charge in [-0.2, -0.15) is 13.2 Å². The van der Waals surface area contributed by atoms with Crippen LogP contribution >= 0.6 is 7.82 Å². The van der Waals surface area contributed by atoms with Crippen molar-refractivity contribution < 1.29 is 55.2 Å². The first-order chi connectivity index (χ1) is 15.1. The molecule has 0 aliphatic rings. The highest BCUT2D eigenvalue weighted by Crippen LogP contribution is 2.49. The minimum absolute atomic E-state index is 0.0347. The van der Waals surface area contributed by atoms with Gasteiger partial charge in [0.25, 0.3) is 0 Å². The normalized spacial score (nSPS) is 14.3. The van der Waals surface area contributed by atoms with E-state index >= 15 is 0 Å². The van der Waals surface area contributed by atoms with E-state index in [1.807, 2.05) is 0 Å². The number of phosphoric acid groups is 1. The molecule has 1 amide bonds. The van der Waals surface area contributed by atoms with E-state index in [0.29, 0.717) is 0 Å². The van der Waals surface area contributed by atoms with Gasteiger partial charge in [0.1, 0.15) is 11.6 Å². The van der Waals surface area contributed by atoms with Crippen LogP contribution in [0.2, 0.25) is 0 Å². The number of halogens is 3. The van der Waals surface area contributed by atoms with Crippen molar-refractivity contribution in [2.75, 3.05) is 26.9 Å². The van der Waals surface area contributed by atoms with Gasteiger partial charge >= 0.3 is 31.8 Å². The first kappa shape index (κ1) is 31.3. The smallest absolute Gasteiger partial charge is 0.469 e. The van der Waals surface area contributed by atoms with Crippen molar-refractivity contribution in [2.24, 2.45) is 5.92 Å². The van der Waals surface area contributed by atoms with Crippen molar-refractivity contribution in [3.8, 4) is 0 Å². The molecule has 0 aliphatic carbocycles. The highest BCUT2D eigenvalue weighted by atomic mass is 31.2. The number of alkyl halides is 3. The molecule has 0 aliphatic heterocycles. The van der Waals surface area contributed by atoms with Crippen molar-refractivity contribution in [3.63, 3.8) is 0 Å². The Bertz CT molecular complexity index is 685. The molecule has 0 saturated carbocycles. The number of methoxy groups -OCH3 is 1. The van der Waals surface area contributed by atoms with Gasteiger partial charge in [-0.3, -0.25) is 23.2 Å². The zero-order valence-corrected chi connectivity index (χ0v) is 20.5. The molecule has 0 rings (SSSR count). The van der Waals surface area contributed by atoms with Gasteiger partial charge in [0.2, 0.25) is 0 Å². The fourth-order valence-corrected chi connectivity index (χ4v) is 3.80. The number of phosphoric ester groups is 1. The summed E-state index contributed by atoms with van der Waals surface area (Å²) in [6.07, 6.45) is -5.81. The van der Waals surface area contributed by atoms with E-state index in [2.05, 4.69) is 4.74 Å². The van der Waals surface area contributed by atoms with Crippen LogP contribution in [-0.4, -0.2) is 62.6 Å². The average molecular weight is 507 g/mol. The number of hydrogen-bond acceptors (Lipinski definition) is 9. The highest BCUT2D eigenvalue weighted by molar-refractivity contribution is 7.48. The van der Waals surface area contributed by atoms with Gasteiger partial charge in [-0.25, -0.2) is 9.36 Å². The van der Waals surface area contributed by atoms with E-state index in [1.165, 1.54) is 20.8 Å². The van der Waals surface area contributed by atoms with Crippen LogP contribution in [0.4, 0.5) is 13.2 Å². The second-order valence-electron chi connectivity index (χ2n) is 7.78. The Balaban J connectivity index is 5.61. The molecule has 0 fully saturated rings. The van der Waals surface area contributed by atoms with E-state index in [1.54, 1.807) is 19.2 Å². The Morgan fingerprint density at radius 3 is 1.97 bits per heavy atom. The van der Waals surface area contributed by atoms with E-state index in [0.717, 1.165) is 7.11 Å². The van der Waals surface area contributed by atoms with Gasteiger partial charge in [-0.05, 0) is 47.5 Å². The lowest BCUT2D eigenvalue weighted by atomic mass is 9.91. The molecule has 194 valence electrons. The fourth-order valence-electron chi connectivity index (χ4n) is 2.59. The van der Waals surface area contributed by atoms with Crippen LogP contribution in [0.15, 0.2) is 0 Å². The Morgan fingerprint density at radius 2 is 1.55 bits per heavy atom. The Hall–Kier alpha value is -1.69. The van der Waals surface area contributed by atoms with Crippen LogP contribution in [0, 0.1) is 5.92 Å². The maximum absolute atomic E-state index is 12.9. The van der Waals surface area contributed by atoms with Gasteiger partial charge in [-0.15, -0.1) is 0 Å². The molecule has 10 nitrogen and oxygen atoms in total. The predicted molar refractivity (Wildman–Crippen MR) is 110 cm³/mol. The van der Waals surface area contributed by atoms with E-state index in [4.69, 9.17) is 18.3 Å². The molecular weight excluding hydrogens is 474 g/mol. The number of carbonyl (C=O) groups is 3. The lowest BCUT2D eigenvalue weighted by Gasteiger charge is -2.29. The summed E-state index contributed by atoms with van der Waals surface area (Å²) in [6.45, 7) is 7.52. The van der Waals surface area contributed by atoms with Crippen molar-refractivity contribution in [1.82, 2.24) is 5.32 Å². The third kappa shape index (κ3) is 13.0. The molecule has 0 saturated heterocycles. The van der Waals surface area contributed by atoms with Crippen LogP contribution < -0.4 is 5.32 Å². The highest BCUT2D eigenvalue weighted by Gasteiger charge is 2.44. The molecule has 0 heterocycles. The van der Waals surface area contributed by atoms with Gasteiger partial charge in [0, 0.05) is 5.92 Å². The summed E-state index contributed by atoms with van der Waals surface area (Å²) < 4.78 is 75.7. The molecule has 33 heavy (non-hydrogen) atoms. The van der Waals surface area contributed by atoms with Crippen LogP contribution in [0.25, 0.3) is 0 Å². The summed E-state index contributed by atoms with van der Waals surface area (Å²) in [4.78, 5) is 36.0. The fraction of sp³-hybridized carbons (Fsp3) is 0.842. The largest absolute Gasteiger partial charge is 0.474 e. The number of hydrogen-bond donors (Lipinski definition) is 1. The standard InChI is InChI=1S/C19H33F3NO9P/c1-7-29-33(27,30-8-2)31-11-9-10-13(12-14(24)28-6)15(16(25)32-18(3,4)5)23-17(26)19(20,21)22/h13,15H,7-12H2,1-6H3,(H,23,26)/t13-,15-/m1/s1. The first-order valence-electron chi connectivity index (χ1n) is 10.3. The maximum atomic E-state index is 12.9. The lowest BCUT2D eigenvalue weighted by Crippen LogP contribution is -2.52. The number of amides is 1. The maximum Gasteiger partial charge on any atom is 0.474 e. The molecule has 0 aromatic rings. The van der Waals surface area contributed by atoms with Gasteiger partial charge < -0.3 is 14.8 Å². The van der Waals surface area contributed by atoms with Crippen molar-refractivity contribution in [1.29, 1.82) is 0 Å². The number of ether oxygens (including phenoxy) is 2. The minimum atomic E-state index is -5.26. The van der Waals surface area contributed by atoms with Gasteiger partial charge in [0.15, 0.2) is 0 Å². The summed E-state index contributed by atoms with van der Waals surface area (Å²) in [5.41, 5.74) is -1.07. The molecule has 14 heteroatoms. The van der Waals surface area contributed by atoms with Crippen LogP contribution in [0.1, 0.15) is 53.9 Å². The Morgan fingerprint density at radius 1 is 1.00 bits per heavy atom. The lowest BCUT2D eigenvalue weighted by molar-refractivity contribution is -0.178. The molecule has 1 N–H and O–H groups in total. The second-order valence-corrected chi connectivity index (χ2v) is 9.45. The summed E-state index contributed by atoms with van der Waals surface area (Å²) >= 11 is 0. The topological polar surface area (TPSA) is 126 Å². The van der Waals surface area contributed by atoms with Crippen molar-refractivity contribution in [2.45, 2.75) is 71.7 Å². The van der Waals surface area contributed by atoms with Crippen LogP contribution in [-0.2, 0) is 42.0 Å². The quantitative estimate of drug-likeness (QED) is 0.213. The molecule has 0 bridgehead atoms. The van der Waals surface area contributed by atoms with E-state index < -0.39 is 55.8 Å². The van der Waals surface area contributed by atoms with Gasteiger partial charge in [0.05, 0.1) is 33.4 Å². The summed E-state index contributed by atoms with van der Waals surface area (Å²) in [5.74, 6) is -5.46. The molecule has 0 radical (unpaired) electrons. The molecule has 2 atom stereocenters. The molecule has 0 spiro atoms.